The van der Waals surface area contributed by atoms with Crippen LogP contribution in [0.25, 0.3) is 0 Å². The van der Waals surface area contributed by atoms with Gasteiger partial charge < -0.3 is 4.90 Å². The number of benzene rings is 1. The van der Waals surface area contributed by atoms with Gasteiger partial charge in [-0.3, -0.25) is 4.79 Å². The molecule has 0 aliphatic carbocycles. The highest BCUT2D eigenvalue weighted by molar-refractivity contribution is 7.88. The number of rotatable bonds is 3. The van der Waals surface area contributed by atoms with Crippen LogP contribution in [0.15, 0.2) is 24.3 Å². The molecule has 2 fully saturated rings. The standard InChI is InChI=1S/C17H24N2O3S/c1-14-4-3-5-15(12-14)13-19-16(20)6-7-17(19)8-10-18(11-9-17)23(2,21)22/h3-5,12H,6-11,13H2,1-2H3. The summed E-state index contributed by atoms with van der Waals surface area (Å²) in [6, 6.07) is 8.24. The van der Waals surface area contributed by atoms with E-state index in [9.17, 15) is 13.2 Å². The second-order valence-corrected chi connectivity index (χ2v) is 8.84. The molecule has 23 heavy (non-hydrogen) atoms. The number of piperidine rings is 1. The van der Waals surface area contributed by atoms with Crippen LogP contribution in [0.1, 0.15) is 36.8 Å². The Bertz CT molecular complexity index is 706. The summed E-state index contributed by atoms with van der Waals surface area (Å²) in [6.45, 7) is 3.70. The highest BCUT2D eigenvalue weighted by Gasteiger charge is 2.47. The molecule has 0 saturated carbocycles. The molecule has 6 heteroatoms. The SMILES string of the molecule is Cc1cccc(CN2C(=O)CCC23CCN(S(C)(=O)=O)CC3)c1. The lowest BCUT2D eigenvalue weighted by molar-refractivity contribution is -0.133. The number of hydrogen-bond acceptors (Lipinski definition) is 3. The molecule has 1 amide bonds. The van der Waals surface area contributed by atoms with Gasteiger partial charge in [-0.25, -0.2) is 12.7 Å². The first-order chi connectivity index (χ1) is 10.8. The van der Waals surface area contributed by atoms with Gasteiger partial charge in [0, 0.05) is 31.6 Å². The van der Waals surface area contributed by atoms with E-state index in [-0.39, 0.29) is 11.4 Å². The van der Waals surface area contributed by atoms with Crippen molar-refractivity contribution in [2.45, 2.75) is 44.7 Å². The molecule has 1 spiro atoms. The quantitative estimate of drug-likeness (QED) is 0.847. The molecule has 0 aromatic heterocycles. The Labute approximate surface area is 138 Å². The molecule has 0 atom stereocenters. The van der Waals surface area contributed by atoms with E-state index < -0.39 is 10.0 Å². The van der Waals surface area contributed by atoms with E-state index in [1.807, 2.05) is 11.0 Å². The van der Waals surface area contributed by atoms with E-state index in [1.54, 1.807) is 0 Å². The van der Waals surface area contributed by atoms with Crippen LogP contribution in [0.4, 0.5) is 0 Å². The second-order valence-electron chi connectivity index (χ2n) is 6.86. The molecule has 1 aromatic rings. The maximum atomic E-state index is 12.4. The van der Waals surface area contributed by atoms with Crippen molar-refractivity contribution in [3.63, 3.8) is 0 Å². The molecule has 0 radical (unpaired) electrons. The molecule has 2 aliphatic heterocycles. The topological polar surface area (TPSA) is 57.7 Å². The Morgan fingerprint density at radius 2 is 1.87 bits per heavy atom. The first kappa shape index (κ1) is 16.5. The minimum atomic E-state index is -3.14. The third-order valence-corrected chi connectivity index (χ3v) is 6.53. The monoisotopic (exact) mass is 336 g/mol. The lowest BCUT2D eigenvalue weighted by Gasteiger charge is -2.44. The number of carbonyl (C=O) groups excluding carboxylic acids is 1. The summed E-state index contributed by atoms with van der Waals surface area (Å²) >= 11 is 0. The van der Waals surface area contributed by atoms with Gasteiger partial charge in [0.1, 0.15) is 0 Å². The Morgan fingerprint density at radius 1 is 1.17 bits per heavy atom. The molecule has 2 aliphatic rings. The molecule has 0 bridgehead atoms. The van der Waals surface area contributed by atoms with Crippen molar-refractivity contribution in [1.29, 1.82) is 0 Å². The number of likely N-dealkylation sites (tertiary alicyclic amines) is 1. The normalized spacial score (nSPS) is 22.0. The minimum absolute atomic E-state index is 0.165. The summed E-state index contributed by atoms with van der Waals surface area (Å²) < 4.78 is 25.0. The third kappa shape index (κ3) is 3.28. The Balaban J connectivity index is 1.78. The van der Waals surface area contributed by atoms with Gasteiger partial charge in [0.25, 0.3) is 0 Å². The van der Waals surface area contributed by atoms with Gasteiger partial charge in [0.15, 0.2) is 0 Å². The molecule has 1 aromatic carbocycles. The number of sulfonamides is 1. The Morgan fingerprint density at radius 3 is 2.48 bits per heavy atom. The van der Waals surface area contributed by atoms with Crippen LogP contribution in [0.3, 0.4) is 0 Å². The summed E-state index contributed by atoms with van der Waals surface area (Å²) in [6.07, 6.45) is 4.14. The number of carbonyl (C=O) groups is 1. The van der Waals surface area contributed by atoms with E-state index in [0.717, 1.165) is 24.8 Å². The fourth-order valence-electron chi connectivity index (χ4n) is 3.88. The lowest BCUT2D eigenvalue weighted by Crippen LogP contribution is -2.53. The van der Waals surface area contributed by atoms with Crippen molar-refractivity contribution in [1.82, 2.24) is 9.21 Å². The van der Waals surface area contributed by atoms with E-state index in [2.05, 4.69) is 25.1 Å². The summed E-state index contributed by atoms with van der Waals surface area (Å²) in [4.78, 5) is 14.4. The molecular weight excluding hydrogens is 312 g/mol. The number of aryl methyl sites for hydroxylation is 1. The van der Waals surface area contributed by atoms with Crippen LogP contribution < -0.4 is 0 Å². The van der Waals surface area contributed by atoms with E-state index in [4.69, 9.17) is 0 Å². The number of hydrogen-bond donors (Lipinski definition) is 0. The summed E-state index contributed by atoms with van der Waals surface area (Å²) in [7, 11) is -3.14. The highest BCUT2D eigenvalue weighted by atomic mass is 32.2. The van der Waals surface area contributed by atoms with Crippen molar-refractivity contribution in [2.24, 2.45) is 0 Å². The Kier molecular flexibility index (Phi) is 4.23. The van der Waals surface area contributed by atoms with Crippen molar-refractivity contribution >= 4 is 15.9 Å². The first-order valence-corrected chi connectivity index (χ1v) is 9.96. The van der Waals surface area contributed by atoms with Crippen molar-refractivity contribution in [3.8, 4) is 0 Å². The van der Waals surface area contributed by atoms with Crippen LogP contribution in [0, 0.1) is 6.92 Å². The minimum Gasteiger partial charge on any atom is -0.333 e. The largest absolute Gasteiger partial charge is 0.333 e. The van der Waals surface area contributed by atoms with Crippen LogP contribution >= 0.6 is 0 Å². The second kappa shape index (κ2) is 5.91. The zero-order valence-electron chi connectivity index (χ0n) is 13.8. The van der Waals surface area contributed by atoms with Crippen LogP contribution in [-0.4, -0.2) is 48.4 Å². The fourth-order valence-corrected chi connectivity index (χ4v) is 4.72. The summed E-state index contributed by atoms with van der Waals surface area (Å²) in [5, 5.41) is 0. The summed E-state index contributed by atoms with van der Waals surface area (Å²) in [5.74, 6) is 0.194. The van der Waals surface area contributed by atoms with Gasteiger partial charge >= 0.3 is 0 Å². The smallest absolute Gasteiger partial charge is 0.223 e. The van der Waals surface area contributed by atoms with Gasteiger partial charge in [-0.05, 0) is 31.7 Å². The van der Waals surface area contributed by atoms with Crippen molar-refractivity contribution in [2.75, 3.05) is 19.3 Å². The van der Waals surface area contributed by atoms with Crippen LogP contribution in [-0.2, 0) is 21.4 Å². The predicted molar refractivity (Wildman–Crippen MR) is 89.3 cm³/mol. The van der Waals surface area contributed by atoms with Gasteiger partial charge in [-0.1, -0.05) is 29.8 Å². The molecule has 0 unspecified atom stereocenters. The molecule has 126 valence electrons. The molecule has 0 N–H and O–H groups in total. The average molecular weight is 336 g/mol. The molecule has 2 saturated heterocycles. The van der Waals surface area contributed by atoms with Crippen molar-refractivity contribution < 1.29 is 13.2 Å². The number of nitrogens with zero attached hydrogens (tertiary/aromatic N) is 2. The van der Waals surface area contributed by atoms with Gasteiger partial charge in [0.2, 0.25) is 15.9 Å². The zero-order valence-corrected chi connectivity index (χ0v) is 14.6. The maximum absolute atomic E-state index is 12.4. The Hall–Kier alpha value is -1.40. The molecular formula is C17H24N2O3S. The van der Waals surface area contributed by atoms with E-state index in [1.165, 1.54) is 16.1 Å². The van der Waals surface area contributed by atoms with Gasteiger partial charge in [0.05, 0.1) is 6.26 Å². The maximum Gasteiger partial charge on any atom is 0.223 e. The van der Waals surface area contributed by atoms with Crippen molar-refractivity contribution in [3.05, 3.63) is 35.4 Å². The zero-order chi connectivity index (χ0) is 16.7. The van der Waals surface area contributed by atoms with Gasteiger partial charge in [-0.15, -0.1) is 0 Å². The van der Waals surface area contributed by atoms with E-state index >= 15 is 0 Å². The van der Waals surface area contributed by atoms with Gasteiger partial charge in [-0.2, -0.15) is 0 Å². The van der Waals surface area contributed by atoms with Crippen LogP contribution in [0.5, 0.6) is 0 Å². The number of amides is 1. The molecule has 2 heterocycles. The average Bonchev–Trinajstić information content (AvgIpc) is 2.77. The third-order valence-electron chi connectivity index (χ3n) is 5.22. The van der Waals surface area contributed by atoms with Crippen LogP contribution in [0.2, 0.25) is 0 Å². The molecule has 5 nitrogen and oxygen atoms in total. The van der Waals surface area contributed by atoms with E-state index in [0.29, 0.717) is 26.1 Å². The molecule has 3 rings (SSSR count). The summed E-state index contributed by atoms with van der Waals surface area (Å²) in [5.41, 5.74) is 2.17. The fraction of sp³-hybridized carbons (Fsp3) is 0.588. The lowest BCUT2D eigenvalue weighted by atomic mass is 9.85. The highest BCUT2D eigenvalue weighted by Crippen LogP contribution is 2.40. The predicted octanol–water partition coefficient (Wildman–Crippen LogP) is 1.91. The first-order valence-electron chi connectivity index (χ1n) is 8.11.